The molecule has 1 heterocycles. The van der Waals surface area contributed by atoms with Crippen LogP contribution in [0.25, 0.3) is 0 Å². The van der Waals surface area contributed by atoms with Crippen LogP contribution >= 0.6 is 23.2 Å². The maximum atomic E-state index is 14.3. The lowest BCUT2D eigenvalue weighted by atomic mass is 10.0. The summed E-state index contributed by atoms with van der Waals surface area (Å²) in [4.78, 5) is 20.0. The molecule has 33 heavy (non-hydrogen) atoms. The Balaban J connectivity index is 1.54. The lowest BCUT2D eigenvalue weighted by molar-refractivity contribution is 0.0402. The number of carbonyl (C=O) groups is 1. The van der Waals surface area contributed by atoms with Crippen LogP contribution in [-0.2, 0) is 11.4 Å². The third kappa shape index (κ3) is 5.49. The minimum Gasteiger partial charge on any atom is -0.390 e. The van der Waals surface area contributed by atoms with Gasteiger partial charge in [0, 0.05) is 35.7 Å². The second kappa shape index (κ2) is 9.85. The Morgan fingerprint density at radius 2 is 1.79 bits per heavy atom. The molecule has 0 saturated carbocycles. The SMILES string of the molecule is O=C(c1cccc(F)c1)N(Cc1ccc(F)cc1F)C[C@@H]1CC(c2ccc(Cl)c(Cl)c2)=NO1. The number of rotatable bonds is 6. The fraction of sp³-hybridized carbons (Fsp3) is 0.167. The third-order valence-corrected chi connectivity index (χ3v) is 5.88. The van der Waals surface area contributed by atoms with Crippen molar-refractivity contribution in [2.75, 3.05) is 6.54 Å². The quantitative estimate of drug-likeness (QED) is 0.408. The number of nitrogens with zero attached hydrogens (tertiary/aromatic N) is 2. The van der Waals surface area contributed by atoms with E-state index in [1.165, 1.54) is 29.2 Å². The number of hydrogen-bond donors (Lipinski definition) is 0. The van der Waals surface area contributed by atoms with Crippen molar-refractivity contribution in [3.05, 3.63) is 105 Å². The number of hydrogen-bond acceptors (Lipinski definition) is 3. The highest BCUT2D eigenvalue weighted by Crippen LogP contribution is 2.26. The summed E-state index contributed by atoms with van der Waals surface area (Å²) in [5, 5.41) is 4.86. The lowest BCUT2D eigenvalue weighted by Gasteiger charge is -2.25. The number of carbonyl (C=O) groups excluding carboxylic acids is 1. The molecule has 0 saturated heterocycles. The molecule has 3 aromatic rings. The highest BCUT2D eigenvalue weighted by Gasteiger charge is 2.28. The molecular formula is C24H17Cl2F3N2O2. The number of oxime groups is 1. The van der Waals surface area contributed by atoms with Gasteiger partial charge in [-0.25, -0.2) is 13.2 Å². The zero-order valence-electron chi connectivity index (χ0n) is 17.1. The summed E-state index contributed by atoms with van der Waals surface area (Å²) in [5.74, 6) is -2.61. The standard InChI is InChI=1S/C24H17Cl2F3N2O2/c25-20-7-5-14(9-21(20)26)23-11-19(33-30-23)13-31(12-16-4-6-18(28)10-22(16)29)24(32)15-2-1-3-17(27)8-15/h1-10,19H,11-13H2/t19-/m0/s1. The molecule has 4 nitrogen and oxygen atoms in total. The summed E-state index contributed by atoms with van der Waals surface area (Å²) in [6, 6.07) is 13.4. The third-order valence-electron chi connectivity index (χ3n) is 5.14. The van der Waals surface area contributed by atoms with E-state index in [0.29, 0.717) is 22.2 Å². The first kappa shape index (κ1) is 23.1. The Morgan fingerprint density at radius 1 is 1.00 bits per heavy atom. The van der Waals surface area contributed by atoms with Crippen LogP contribution in [0.1, 0.15) is 27.9 Å². The van der Waals surface area contributed by atoms with E-state index in [-0.39, 0.29) is 24.2 Å². The van der Waals surface area contributed by atoms with Crippen molar-refractivity contribution < 1.29 is 22.8 Å². The van der Waals surface area contributed by atoms with Crippen molar-refractivity contribution >= 4 is 34.8 Å². The van der Waals surface area contributed by atoms with E-state index < -0.39 is 29.5 Å². The predicted molar refractivity (Wildman–Crippen MR) is 120 cm³/mol. The number of halogens is 5. The molecule has 0 bridgehead atoms. The van der Waals surface area contributed by atoms with Crippen LogP contribution < -0.4 is 0 Å². The van der Waals surface area contributed by atoms with Gasteiger partial charge in [-0.3, -0.25) is 4.79 Å². The molecule has 0 N–H and O–H groups in total. The first-order valence-electron chi connectivity index (χ1n) is 9.97. The average Bonchev–Trinajstić information content (AvgIpc) is 3.25. The normalized spacial score (nSPS) is 15.2. The predicted octanol–water partition coefficient (Wildman–Crippen LogP) is 6.25. The van der Waals surface area contributed by atoms with Crippen molar-refractivity contribution in [2.45, 2.75) is 19.1 Å². The molecule has 1 atom stereocenters. The van der Waals surface area contributed by atoms with Gasteiger partial charge in [0.2, 0.25) is 0 Å². The number of amides is 1. The minimum atomic E-state index is -0.785. The van der Waals surface area contributed by atoms with Crippen molar-refractivity contribution in [3.63, 3.8) is 0 Å². The van der Waals surface area contributed by atoms with Crippen molar-refractivity contribution in [1.29, 1.82) is 0 Å². The van der Waals surface area contributed by atoms with Gasteiger partial charge in [0.25, 0.3) is 5.91 Å². The maximum Gasteiger partial charge on any atom is 0.254 e. The van der Waals surface area contributed by atoms with Gasteiger partial charge in [0.1, 0.15) is 17.5 Å². The molecule has 4 rings (SSSR count). The summed E-state index contributed by atoms with van der Waals surface area (Å²) in [6.45, 7) is -0.121. The molecule has 170 valence electrons. The van der Waals surface area contributed by atoms with Crippen molar-refractivity contribution in [1.82, 2.24) is 4.90 Å². The van der Waals surface area contributed by atoms with Gasteiger partial charge in [0.05, 0.1) is 22.3 Å². The fourth-order valence-corrected chi connectivity index (χ4v) is 3.80. The molecule has 1 aliphatic heterocycles. The van der Waals surface area contributed by atoms with E-state index in [4.69, 9.17) is 28.0 Å². The van der Waals surface area contributed by atoms with E-state index in [1.807, 2.05) is 0 Å². The van der Waals surface area contributed by atoms with Crippen molar-refractivity contribution in [3.8, 4) is 0 Å². The summed E-state index contributed by atoms with van der Waals surface area (Å²) < 4.78 is 41.3. The monoisotopic (exact) mass is 492 g/mol. The second-order valence-corrected chi connectivity index (χ2v) is 8.34. The second-order valence-electron chi connectivity index (χ2n) is 7.53. The van der Waals surface area contributed by atoms with Crippen LogP contribution in [0.15, 0.2) is 65.8 Å². The first-order chi connectivity index (χ1) is 15.8. The summed E-state index contributed by atoms with van der Waals surface area (Å²) >= 11 is 12.0. The van der Waals surface area contributed by atoms with Gasteiger partial charge >= 0.3 is 0 Å². The van der Waals surface area contributed by atoms with Gasteiger partial charge < -0.3 is 9.74 Å². The number of benzene rings is 3. The minimum absolute atomic E-state index is 0.0421. The topological polar surface area (TPSA) is 41.9 Å². The average molecular weight is 493 g/mol. The molecule has 0 aliphatic carbocycles. The summed E-state index contributed by atoms with van der Waals surface area (Å²) in [7, 11) is 0. The Morgan fingerprint density at radius 3 is 2.52 bits per heavy atom. The van der Waals surface area contributed by atoms with Crippen molar-refractivity contribution in [2.24, 2.45) is 5.16 Å². The Bertz CT molecular complexity index is 1240. The van der Waals surface area contributed by atoms with Gasteiger partial charge in [0.15, 0.2) is 6.10 Å². The molecule has 0 unspecified atom stereocenters. The van der Waals surface area contributed by atoms with Crippen LogP contribution in [-0.4, -0.2) is 29.2 Å². The van der Waals surface area contributed by atoms with E-state index in [1.54, 1.807) is 18.2 Å². The zero-order valence-corrected chi connectivity index (χ0v) is 18.6. The first-order valence-corrected chi connectivity index (χ1v) is 10.7. The summed E-state index contributed by atoms with van der Waals surface area (Å²) in [5.41, 5.74) is 1.55. The Kier molecular flexibility index (Phi) is 6.91. The molecule has 0 spiro atoms. The van der Waals surface area contributed by atoms with Crippen LogP contribution in [0.4, 0.5) is 13.2 Å². The van der Waals surface area contributed by atoms with Crippen LogP contribution in [0, 0.1) is 17.5 Å². The van der Waals surface area contributed by atoms with Gasteiger partial charge in [-0.15, -0.1) is 0 Å². The highest BCUT2D eigenvalue weighted by atomic mass is 35.5. The largest absolute Gasteiger partial charge is 0.390 e. The maximum absolute atomic E-state index is 14.3. The Hall–Kier alpha value is -3.03. The van der Waals surface area contributed by atoms with Crippen LogP contribution in [0.2, 0.25) is 10.0 Å². The van der Waals surface area contributed by atoms with E-state index in [0.717, 1.165) is 23.8 Å². The van der Waals surface area contributed by atoms with Gasteiger partial charge in [-0.05, 0) is 36.4 Å². The van der Waals surface area contributed by atoms with E-state index >= 15 is 0 Å². The smallest absolute Gasteiger partial charge is 0.254 e. The van der Waals surface area contributed by atoms with Gasteiger partial charge in [-0.1, -0.05) is 46.6 Å². The molecular weight excluding hydrogens is 476 g/mol. The van der Waals surface area contributed by atoms with Crippen LogP contribution in [0.5, 0.6) is 0 Å². The zero-order chi connectivity index (χ0) is 23.5. The molecule has 0 fully saturated rings. The molecule has 1 amide bonds. The van der Waals surface area contributed by atoms with E-state index in [2.05, 4.69) is 5.16 Å². The van der Waals surface area contributed by atoms with Crippen LogP contribution in [0.3, 0.4) is 0 Å². The summed E-state index contributed by atoms with van der Waals surface area (Å²) in [6.07, 6.45) is -0.174. The highest BCUT2D eigenvalue weighted by molar-refractivity contribution is 6.42. The lowest BCUT2D eigenvalue weighted by Crippen LogP contribution is -2.37. The molecule has 0 aromatic heterocycles. The van der Waals surface area contributed by atoms with E-state index in [9.17, 15) is 18.0 Å². The molecule has 0 radical (unpaired) electrons. The molecule has 9 heteroatoms. The molecule has 1 aliphatic rings. The fourth-order valence-electron chi connectivity index (χ4n) is 3.50. The van der Waals surface area contributed by atoms with Gasteiger partial charge in [-0.2, -0.15) is 0 Å². The Labute approximate surface area is 198 Å². The molecule has 3 aromatic carbocycles.